The van der Waals surface area contributed by atoms with Gasteiger partial charge in [0.25, 0.3) is 0 Å². The minimum atomic E-state index is -1.26. The zero-order chi connectivity index (χ0) is 10.1. The van der Waals surface area contributed by atoms with Crippen LogP contribution in [0.25, 0.3) is 0 Å². The molecule has 1 aliphatic rings. The quantitative estimate of drug-likeness (QED) is 0.761. The average Bonchev–Trinajstić information content (AvgIpc) is 2.44. The van der Waals surface area contributed by atoms with Crippen LogP contribution >= 0.6 is 0 Å². The highest BCUT2D eigenvalue weighted by Gasteiger charge is 2.28. The molecule has 5 heteroatoms. The summed E-state index contributed by atoms with van der Waals surface area (Å²) < 4.78 is 14.2. The third-order valence-corrected chi connectivity index (χ3v) is 3.39. The van der Waals surface area contributed by atoms with E-state index in [1.54, 1.807) is 18.2 Å². The van der Waals surface area contributed by atoms with E-state index in [0.29, 0.717) is 4.90 Å². The van der Waals surface area contributed by atoms with Gasteiger partial charge in [-0.25, -0.2) is 8.93 Å². The molecule has 0 radical (unpaired) electrons. The topological polar surface area (TPSA) is 66.4 Å². The predicted molar refractivity (Wildman–Crippen MR) is 51.0 cm³/mol. The molecule has 0 saturated carbocycles. The van der Waals surface area contributed by atoms with E-state index in [9.17, 15) is 9.00 Å². The molecule has 0 saturated heterocycles. The molecule has 1 heterocycles. The number of rotatable bonds is 2. The second kappa shape index (κ2) is 3.51. The van der Waals surface area contributed by atoms with Gasteiger partial charge >= 0.3 is 5.97 Å². The standard InChI is InChI=1S/C9H9NO3S/c11-9(12)5-7-6-3-1-2-4-8(6)14(13)10-7/h1-4,7,10H,5H2,(H,11,12). The number of carboxylic acids is 1. The van der Waals surface area contributed by atoms with Crippen molar-refractivity contribution in [3.63, 3.8) is 0 Å². The summed E-state index contributed by atoms with van der Waals surface area (Å²) in [6.07, 6.45) is -0.0389. The Morgan fingerprint density at radius 2 is 2.21 bits per heavy atom. The molecule has 0 bridgehead atoms. The van der Waals surface area contributed by atoms with Gasteiger partial charge in [-0.05, 0) is 11.6 Å². The molecule has 74 valence electrons. The van der Waals surface area contributed by atoms with Gasteiger partial charge < -0.3 is 5.11 Å². The Kier molecular flexibility index (Phi) is 2.35. The van der Waals surface area contributed by atoms with Crippen molar-refractivity contribution in [2.75, 3.05) is 0 Å². The highest BCUT2D eigenvalue weighted by molar-refractivity contribution is 7.83. The molecule has 0 fully saturated rings. The molecule has 1 aliphatic heterocycles. The van der Waals surface area contributed by atoms with Crippen LogP contribution in [0.5, 0.6) is 0 Å². The maximum atomic E-state index is 11.5. The van der Waals surface area contributed by atoms with Crippen LogP contribution in [0.1, 0.15) is 18.0 Å². The van der Waals surface area contributed by atoms with Crippen molar-refractivity contribution in [1.82, 2.24) is 4.72 Å². The van der Waals surface area contributed by atoms with E-state index in [2.05, 4.69) is 4.72 Å². The molecule has 1 aromatic carbocycles. The van der Waals surface area contributed by atoms with Gasteiger partial charge in [-0.2, -0.15) is 0 Å². The highest BCUT2D eigenvalue weighted by Crippen LogP contribution is 2.29. The first-order valence-electron chi connectivity index (χ1n) is 4.17. The molecular formula is C9H9NO3S. The summed E-state index contributed by atoms with van der Waals surface area (Å²) in [4.78, 5) is 11.2. The van der Waals surface area contributed by atoms with E-state index in [4.69, 9.17) is 5.11 Å². The van der Waals surface area contributed by atoms with E-state index < -0.39 is 17.0 Å². The average molecular weight is 211 g/mol. The van der Waals surface area contributed by atoms with Gasteiger partial charge in [0.15, 0.2) is 0 Å². The summed E-state index contributed by atoms with van der Waals surface area (Å²) in [6.45, 7) is 0. The summed E-state index contributed by atoms with van der Waals surface area (Å²) in [5, 5.41) is 8.65. The molecule has 0 spiro atoms. The van der Waals surface area contributed by atoms with Crippen LogP contribution in [0.4, 0.5) is 0 Å². The van der Waals surface area contributed by atoms with Crippen molar-refractivity contribution in [2.45, 2.75) is 17.4 Å². The molecule has 4 nitrogen and oxygen atoms in total. The van der Waals surface area contributed by atoms with Crippen LogP contribution in [0.3, 0.4) is 0 Å². The van der Waals surface area contributed by atoms with Crippen LogP contribution < -0.4 is 4.72 Å². The summed E-state index contributed by atoms with van der Waals surface area (Å²) in [7, 11) is -1.26. The molecule has 2 atom stereocenters. The minimum absolute atomic E-state index is 0.0389. The van der Waals surface area contributed by atoms with Crippen molar-refractivity contribution in [1.29, 1.82) is 0 Å². The molecule has 2 rings (SSSR count). The number of hydrogen-bond donors (Lipinski definition) is 2. The fourth-order valence-electron chi connectivity index (χ4n) is 1.52. The Balaban J connectivity index is 2.34. The maximum Gasteiger partial charge on any atom is 0.305 e. The van der Waals surface area contributed by atoms with Gasteiger partial charge in [0, 0.05) is 0 Å². The maximum absolute atomic E-state index is 11.5. The second-order valence-electron chi connectivity index (χ2n) is 3.07. The van der Waals surface area contributed by atoms with E-state index in [0.717, 1.165) is 5.56 Å². The summed E-state index contributed by atoms with van der Waals surface area (Å²) in [5.74, 6) is -0.892. The largest absolute Gasteiger partial charge is 0.481 e. The SMILES string of the molecule is O=C(O)CC1NS(=O)c2ccccc21. The van der Waals surface area contributed by atoms with Gasteiger partial charge in [0.05, 0.1) is 17.4 Å². The lowest BCUT2D eigenvalue weighted by Crippen LogP contribution is -2.17. The van der Waals surface area contributed by atoms with Crippen molar-refractivity contribution in [2.24, 2.45) is 0 Å². The normalized spacial score (nSPS) is 24.6. The first-order chi connectivity index (χ1) is 6.68. The first kappa shape index (κ1) is 9.36. The van der Waals surface area contributed by atoms with E-state index in [1.165, 1.54) is 0 Å². The zero-order valence-electron chi connectivity index (χ0n) is 7.27. The molecule has 1 aromatic rings. The molecule has 0 amide bonds. The Bertz CT molecular complexity index is 403. The summed E-state index contributed by atoms with van der Waals surface area (Å²) in [5.41, 5.74) is 0.827. The Morgan fingerprint density at radius 1 is 1.50 bits per heavy atom. The van der Waals surface area contributed by atoms with Crippen LogP contribution in [0.15, 0.2) is 29.2 Å². The molecule has 0 aliphatic carbocycles. The fourth-order valence-corrected chi connectivity index (χ4v) is 2.74. The lowest BCUT2D eigenvalue weighted by molar-refractivity contribution is -0.137. The Morgan fingerprint density at radius 3 is 2.93 bits per heavy atom. The highest BCUT2D eigenvalue weighted by atomic mass is 32.2. The van der Waals surface area contributed by atoms with Gasteiger partial charge in [0.2, 0.25) is 0 Å². The van der Waals surface area contributed by atoms with E-state index >= 15 is 0 Å². The van der Waals surface area contributed by atoms with Crippen LogP contribution in [-0.2, 0) is 15.8 Å². The van der Waals surface area contributed by atoms with Crippen LogP contribution in [0, 0.1) is 0 Å². The number of benzene rings is 1. The van der Waals surface area contributed by atoms with Gasteiger partial charge in [-0.1, -0.05) is 18.2 Å². The third-order valence-electron chi connectivity index (χ3n) is 2.12. The number of hydrogen-bond acceptors (Lipinski definition) is 2. The number of fused-ring (bicyclic) bond motifs is 1. The molecular weight excluding hydrogens is 202 g/mol. The van der Waals surface area contributed by atoms with Crippen molar-refractivity contribution < 1.29 is 14.1 Å². The molecule has 0 aromatic heterocycles. The van der Waals surface area contributed by atoms with Gasteiger partial charge in [0.1, 0.15) is 11.0 Å². The summed E-state index contributed by atoms with van der Waals surface area (Å²) in [6, 6.07) is 6.84. The lowest BCUT2D eigenvalue weighted by atomic mass is 10.1. The Hall–Kier alpha value is -1.20. The summed E-state index contributed by atoms with van der Waals surface area (Å²) >= 11 is 0. The van der Waals surface area contributed by atoms with Gasteiger partial charge in [-0.3, -0.25) is 4.79 Å². The number of carboxylic acid groups (broad SMARTS) is 1. The van der Waals surface area contributed by atoms with Crippen molar-refractivity contribution >= 4 is 17.0 Å². The molecule has 2 unspecified atom stereocenters. The molecule has 2 N–H and O–H groups in total. The third kappa shape index (κ3) is 1.56. The van der Waals surface area contributed by atoms with Crippen molar-refractivity contribution in [3.05, 3.63) is 29.8 Å². The first-order valence-corrected chi connectivity index (χ1v) is 5.32. The zero-order valence-corrected chi connectivity index (χ0v) is 8.08. The van der Waals surface area contributed by atoms with Crippen LogP contribution in [-0.4, -0.2) is 15.3 Å². The predicted octanol–water partition coefficient (Wildman–Crippen LogP) is 0.828. The van der Waals surface area contributed by atoms with Gasteiger partial charge in [-0.15, -0.1) is 0 Å². The van der Waals surface area contributed by atoms with Crippen LogP contribution in [0.2, 0.25) is 0 Å². The molecule has 14 heavy (non-hydrogen) atoms. The Labute approximate surface area is 83.5 Å². The second-order valence-corrected chi connectivity index (χ2v) is 4.29. The smallest absolute Gasteiger partial charge is 0.305 e. The number of nitrogens with one attached hydrogen (secondary N) is 1. The number of aliphatic carboxylic acids is 1. The van der Waals surface area contributed by atoms with E-state index in [1.807, 2.05) is 6.07 Å². The van der Waals surface area contributed by atoms with E-state index in [-0.39, 0.29) is 12.5 Å². The lowest BCUT2D eigenvalue weighted by Gasteiger charge is -2.05. The minimum Gasteiger partial charge on any atom is -0.481 e. The van der Waals surface area contributed by atoms with Crippen molar-refractivity contribution in [3.8, 4) is 0 Å². The monoisotopic (exact) mass is 211 g/mol. The fraction of sp³-hybridized carbons (Fsp3) is 0.222. The number of carbonyl (C=O) groups is 1.